The number of hydrogen-bond donors (Lipinski definition) is 1. The van der Waals surface area contributed by atoms with Gasteiger partial charge in [0.05, 0.1) is 6.10 Å². The third-order valence-electron chi connectivity index (χ3n) is 4.75. The third kappa shape index (κ3) is 6.02. The Balaban J connectivity index is 2.11. The molecule has 1 atom stereocenters. The van der Waals surface area contributed by atoms with Gasteiger partial charge in [0.1, 0.15) is 0 Å². The minimum atomic E-state index is -0.279. The van der Waals surface area contributed by atoms with Crippen molar-refractivity contribution in [2.45, 2.75) is 53.8 Å². The summed E-state index contributed by atoms with van der Waals surface area (Å²) in [6.07, 6.45) is 1.88. The Hall–Kier alpha value is -1.58. The summed E-state index contributed by atoms with van der Waals surface area (Å²) in [4.78, 5) is 2.39. The molecular weight excluding hydrogens is 308 g/mol. The van der Waals surface area contributed by atoms with Crippen molar-refractivity contribution in [2.24, 2.45) is 11.8 Å². The molecule has 0 aliphatic carbocycles. The highest BCUT2D eigenvalue weighted by atomic mass is 16.3. The van der Waals surface area contributed by atoms with Gasteiger partial charge in [-0.25, -0.2) is 0 Å². The Labute approximate surface area is 153 Å². The Kier molecular flexibility index (Phi) is 7.27. The predicted octanol–water partition coefficient (Wildman–Crippen LogP) is 4.32. The van der Waals surface area contributed by atoms with Crippen molar-refractivity contribution in [3.05, 3.63) is 59.4 Å². The van der Waals surface area contributed by atoms with Gasteiger partial charge in [-0.2, -0.15) is 0 Å². The van der Waals surface area contributed by atoms with Crippen LogP contribution in [0.3, 0.4) is 0 Å². The van der Waals surface area contributed by atoms with Crippen LogP contribution in [0.25, 0.3) is 0 Å². The molecule has 1 unspecified atom stereocenters. The van der Waals surface area contributed by atoms with Crippen LogP contribution in [0.5, 0.6) is 0 Å². The number of rotatable bonds is 9. The predicted molar refractivity (Wildman–Crippen MR) is 106 cm³/mol. The maximum Gasteiger partial charge on any atom is 0.0690 e. The average molecular weight is 343 g/mol. The number of aromatic nitrogens is 1. The molecule has 0 saturated carbocycles. The number of hydrogen-bond acceptors (Lipinski definition) is 2. The zero-order valence-electron chi connectivity index (χ0n) is 16.4. The summed E-state index contributed by atoms with van der Waals surface area (Å²) in [5.41, 5.74) is 3.99. The smallest absolute Gasteiger partial charge is 0.0690 e. The number of nitrogens with zero attached hydrogens (tertiary/aromatic N) is 2. The molecule has 3 heteroatoms. The number of aliphatic hydroxyl groups is 1. The fourth-order valence-electron chi connectivity index (χ4n) is 3.14. The zero-order chi connectivity index (χ0) is 18.4. The molecule has 0 bridgehead atoms. The molecule has 3 nitrogen and oxygen atoms in total. The number of aliphatic hydroxyl groups excluding tert-OH is 1. The molecule has 25 heavy (non-hydrogen) atoms. The second-order valence-electron chi connectivity index (χ2n) is 7.95. The van der Waals surface area contributed by atoms with Gasteiger partial charge in [-0.1, -0.05) is 52.0 Å². The maximum absolute atomic E-state index is 10.3. The van der Waals surface area contributed by atoms with E-state index in [0.717, 1.165) is 26.2 Å². The zero-order valence-corrected chi connectivity index (χ0v) is 16.4. The maximum atomic E-state index is 10.3. The van der Waals surface area contributed by atoms with E-state index in [4.69, 9.17) is 0 Å². The minimum Gasteiger partial charge on any atom is -0.392 e. The first-order valence-corrected chi connectivity index (χ1v) is 9.45. The van der Waals surface area contributed by atoms with Gasteiger partial charge >= 0.3 is 0 Å². The SMILES string of the molecule is Cc1ccccc1Cn1cccc1CN(CC(C)C)CC(O)C(C)C. The summed E-state index contributed by atoms with van der Waals surface area (Å²) in [6.45, 7) is 14.3. The molecule has 1 N–H and O–H groups in total. The Morgan fingerprint density at radius 3 is 2.36 bits per heavy atom. The van der Waals surface area contributed by atoms with Crippen LogP contribution in [-0.2, 0) is 13.1 Å². The van der Waals surface area contributed by atoms with Gasteiger partial charge in [0.15, 0.2) is 0 Å². The summed E-state index contributed by atoms with van der Waals surface area (Å²) in [6, 6.07) is 12.9. The monoisotopic (exact) mass is 342 g/mol. The van der Waals surface area contributed by atoms with Crippen molar-refractivity contribution in [2.75, 3.05) is 13.1 Å². The highest BCUT2D eigenvalue weighted by molar-refractivity contribution is 5.26. The molecule has 0 aliphatic rings. The van der Waals surface area contributed by atoms with Crippen LogP contribution in [0, 0.1) is 18.8 Å². The molecule has 1 heterocycles. The van der Waals surface area contributed by atoms with E-state index >= 15 is 0 Å². The van der Waals surface area contributed by atoms with E-state index in [2.05, 4.69) is 86.7 Å². The van der Waals surface area contributed by atoms with Crippen molar-refractivity contribution in [1.29, 1.82) is 0 Å². The van der Waals surface area contributed by atoms with Gasteiger partial charge in [0.2, 0.25) is 0 Å². The summed E-state index contributed by atoms with van der Waals surface area (Å²) < 4.78 is 2.33. The van der Waals surface area contributed by atoms with Crippen LogP contribution in [0.15, 0.2) is 42.6 Å². The summed E-state index contributed by atoms with van der Waals surface area (Å²) >= 11 is 0. The lowest BCUT2D eigenvalue weighted by Crippen LogP contribution is -2.37. The molecule has 0 fully saturated rings. The van der Waals surface area contributed by atoms with E-state index in [9.17, 15) is 5.11 Å². The van der Waals surface area contributed by atoms with E-state index in [1.807, 2.05) is 0 Å². The molecule has 1 aromatic heterocycles. The first-order chi connectivity index (χ1) is 11.9. The quantitative estimate of drug-likeness (QED) is 0.735. The highest BCUT2D eigenvalue weighted by Crippen LogP contribution is 2.15. The lowest BCUT2D eigenvalue weighted by atomic mass is 10.1. The van der Waals surface area contributed by atoms with E-state index < -0.39 is 0 Å². The van der Waals surface area contributed by atoms with Gasteiger partial charge in [0, 0.05) is 38.1 Å². The van der Waals surface area contributed by atoms with Crippen LogP contribution < -0.4 is 0 Å². The summed E-state index contributed by atoms with van der Waals surface area (Å²) in [5, 5.41) is 10.3. The number of benzene rings is 1. The molecule has 0 amide bonds. The fraction of sp³-hybridized carbons (Fsp3) is 0.545. The van der Waals surface area contributed by atoms with Gasteiger partial charge in [-0.15, -0.1) is 0 Å². The largest absolute Gasteiger partial charge is 0.392 e. The van der Waals surface area contributed by atoms with Crippen LogP contribution >= 0.6 is 0 Å². The van der Waals surface area contributed by atoms with Gasteiger partial charge in [-0.3, -0.25) is 4.90 Å². The van der Waals surface area contributed by atoms with Crippen molar-refractivity contribution in [3.63, 3.8) is 0 Å². The Morgan fingerprint density at radius 2 is 1.72 bits per heavy atom. The molecule has 0 spiro atoms. The first-order valence-electron chi connectivity index (χ1n) is 9.45. The standard InChI is InChI=1S/C22H34N2O/c1-17(2)13-23(16-22(25)18(3)4)15-21-11-8-12-24(21)14-20-10-7-6-9-19(20)5/h6-12,17-18,22,25H,13-16H2,1-5H3. The fourth-order valence-corrected chi connectivity index (χ4v) is 3.14. The van der Waals surface area contributed by atoms with Crippen LogP contribution in [0.4, 0.5) is 0 Å². The summed E-state index contributed by atoms with van der Waals surface area (Å²) in [7, 11) is 0. The van der Waals surface area contributed by atoms with E-state index in [1.54, 1.807) is 0 Å². The van der Waals surface area contributed by atoms with Crippen LogP contribution in [-0.4, -0.2) is 33.8 Å². The van der Waals surface area contributed by atoms with E-state index in [-0.39, 0.29) is 12.0 Å². The van der Waals surface area contributed by atoms with E-state index in [0.29, 0.717) is 5.92 Å². The molecular formula is C22H34N2O. The Morgan fingerprint density at radius 1 is 1.00 bits per heavy atom. The second-order valence-corrected chi connectivity index (χ2v) is 7.95. The number of aryl methyl sites for hydroxylation is 1. The van der Waals surface area contributed by atoms with Crippen molar-refractivity contribution in [1.82, 2.24) is 9.47 Å². The Bertz CT molecular complexity index is 645. The topological polar surface area (TPSA) is 28.4 Å². The second kappa shape index (κ2) is 9.21. The van der Waals surface area contributed by atoms with Crippen LogP contribution in [0.2, 0.25) is 0 Å². The third-order valence-corrected chi connectivity index (χ3v) is 4.75. The lowest BCUT2D eigenvalue weighted by molar-refractivity contribution is 0.0673. The molecule has 0 aliphatic heterocycles. The van der Waals surface area contributed by atoms with Crippen molar-refractivity contribution in [3.8, 4) is 0 Å². The normalized spacial score (nSPS) is 13.2. The average Bonchev–Trinajstić information content (AvgIpc) is 2.95. The molecule has 0 saturated heterocycles. The van der Waals surface area contributed by atoms with Crippen molar-refractivity contribution < 1.29 is 5.11 Å². The minimum absolute atomic E-state index is 0.279. The first kappa shape index (κ1) is 19.7. The van der Waals surface area contributed by atoms with Crippen LogP contribution in [0.1, 0.15) is 44.5 Å². The van der Waals surface area contributed by atoms with Gasteiger partial charge in [0.25, 0.3) is 0 Å². The highest BCUT2D eigenvalue weighted by Gasteiger charge is 2.17. The lowest BCUT2D eigenvalue weighted by Gasteiger charge is -2.28. The molecule has 2 rings (SSSR count). The van der Waals surface area contributed by atoms with Gasteiger partial charge in [-0.05, 0) is 42.0 Å². The molecule has 138 valence electrons. The van der Waals surface area contributed by atoms with Crippen molar-refractivity contribution >= 4 is 0 Å². The van der Waals surface area contributed by atoms with Gasteiger partial charge < -0.3 is 9.67 Å². The summed E-state index contributed by atoms with van der Waals surface area (Å²) in [5.74, 6) is 0.868. The molecule has 0 radical (unpaired) electrons. The van der Waals surface area contributed by atoms with E-state index in [1.165, 1.54) is 16.8 Å². The molecule has 1 aromatic carbocycles. The molecule has 2 aromatic rings.